The van der Waals surface area contributed by atoms with Crippen molar-refractivity contribution in [3.63, 3.8) is 0 Å². The number of fused-ring (bicyclic) bond motifs is 1. The van der Waals surface area contributed by atoms with Crippen LogP contribution < -0.4 is 9.80 Å². The Kier molecular flexibility index (Phi) is 7.54. The standard InChI is InChI=1S/C44H33N3/c1-5-13-38(14-6-1)46(39-15-7-2-8-16-39)42-27-23-35(24-28-42)34-21-25-37(26-22-34)45-32-31-36-33-43(29-30-44(36)45)47(40-17-9-3-10-18-40)41-19-11-4-12-20-41/h1-33H. The Balaban J connectivity index is 1.07. The highest BCUT2D eigenvalue weighted by molar-refractivity contribution is 5.89. The fourth-order valence-corrected chi connectivity index (χ4v) is 6.31. The minimum absolute atomic E-state index is 1.12. The molecule has 7 aromatic carbocycles. The highest BCUT2D eigenvalue weighted by Crippen LogP contribution is 2.37. The van der Waals surface area contributed by atoms with Crippen LogP contribution in [0, 0.1) is 0 Å². The molecule has 8 rings (SSSR count). The molecule has 1 aromatic heterocycles. The monoisotopic (exact) mass is 603 g/mol. The number of hydrogen-bond acceptors (Lipinski definition) is 2. The van der Waals surface area contributed by atoms with Gasteiger partial charge in [0.2, 0.25) is 0 Å². The second-order valence-corrected chi connectivity index (χ2v) is 11.5. The van der Waals surface area contributed by atoms with Gasteiger partial charge in [-0.15, -0.1) is 0 Å². The van der Waals surface area contributed by atoms with Crippen molar-refractivity contribution in [3.8, 4) is 16.8 Å². The summed E-state index contributed by atoms with van der Waals surface area (Å²) in [5, 5.41) is 1.19. The zero-order valence-corrected chi connectivity index (χ0v) is 25.9. The third-order valence-corrected chi connectivity index (χ3v) is 8.59. The van der Waals surface area contributed by atoms with Crippen LogP contribution in [0.4, 0.5) is 34.1 Å². The summed E-state index contributed by atoms with van der Waals surface area (Å²) in [5.41, 5.74) is 11.5. The third kappa shape index (κ3) is 5.67. The molecule has 224 valence electrons. The Bertz CT molecular complexity index is 2130. The lowest BCUT2D eigenvalue weighted by atomic mass is 10.0. The number of anilines is 6. The molecular weight excluding hydrogens is 571 g/mol. The van der Waals surface area contributed by atoms with Crippen LogP contribution in [0.1, 0.15) is 0 Å². The van der Waals surface area contributed by atoms with Crippen LogP contribution in [0.2, 0.25) is 0 Å². The fraction of sp³-hybridized carbons (Fsp3) is 0. The van der Waals surface area contributed by atoms with Gasteiger partial charge in [0.05, 0.1) is 5.52 Å². The second-order valence-electron chi connectivity index (χ2n) is 11.5. The first kappa shape index (κ1) is 28.2. The number of nitrogens with zero attached hydrogens (tertiary/aromatic N) is 3. The van der Waals surface area contributed by atoms with E-state index < -0.39 is 0 Å². The average molecular weight is 604 g/mol. The van der Waals surface area contributed by atoms with Crippen molar-refractivity contribution in [3.05, 3.63) is 200 Å². The van der Waals surface area contributed by atoms with Gasteiger partial charge >= 0.3 is 0 Å². The maximum Gasteiger partial charge on any atom is 0.0529 e. The normalized spacial score (nSPS) is 11.0. The van der Waals surface area contributed by atoms with Gasteiger partial charge in [0.25, 0.3) is 0 Å². The molecule has 8 aromatic rings. The first-order chi connectivity index (χ1) is 23.3. The SMILES string of the molecule is c1ccc(N(c2ccccc2)c2ccc(-c3ccc(-n4ccc5cc(N(c6ccccc6)c6ccccc6)ccc54)cc3)cc2)cc1. The summed E-state index contributed by atoms with van der Waals surface area (Å²) < 4.78 is 2.26. The van der Waals surface area contributed by atoms with E-state index >= 15 is 0 Å². The van der Waals surface area contributed by atoms with E-state index in [0.717, 1.165) is 39.8 Å². The zero-order chi connectivity index (χ0) is 31.4. The summed E-state index contributed by atoms with van der Waals surface area (Å²) in [5.74, 6) is 0. The maximum absolute atomic E-state index is 2.30. The van der Waals surface area contributed by atoms with Gasteiger partial charge in [-0.25, -0.2) is 0 Å². The number of hydrogen-bond donors (Lipinski definition) is 0. The first-order valence-corrected chi connectivity index (χ1v) is 15.9. The van der Waals surface area contributed by atoms with Gasteiger partial charge in [-0.3, -0.25) is 0 Å². The van der Waals surface area contributed by atoms with Crippen LogP contribution in [-0.2, 0) is 0 Å². The predicted octanol–water partition coefficient (Wildman–Crippen LogP) is 12.2. The minimum atomic E-state index is 1.12. The van der Waals surface area contributed by atoms with Gasteiger partial charge in [-0.05, 0) is 108 Å². The first-order valence-electron chi connectivity index (χ1n) is 15.9. The van der Waals surface area contributed by atoms with Gasteiger partial charge in [0.1, 0.15) is 0 Å². The smallest absolute Gasteiger partial charge is 0.0529 e. The number of aromatic nitrogens is 1. The van der Waals surface area contributed by atoms with Crippen LogP contribution in [0.15, 0.2) is 200 Å². The lowest BCUT2D eigenvalue weighted by molar-refractivity contribution is 1.13. The van der Waals surface area contributed by atoms with Crippen LogP contribution >= 0.6 is 0 Å². The van der Waals surface area contributed by atoms with E-state index in [0.29, 0.717) is 0 Å². The van der Waals surface area contributed by atoms with Crippen LogP contribution in [0.3, 0.4) is 0 Å². The van der Waals surface area contributed by atoms with Crippen molar-refractivity contribution >= 4 is 45.0 Å². The van der Waals surface area contributed by atoms with Crippen molar-refractivity contribution in [2.75, 3.05) is 9.80 Å². The number of para-hydroxylation sites is 4. The summed E-state index contributed by atoms with van der Waals surface area (Å²) in [6.45, 7) is 0. The number of rotatable bonds is 8. The molecule has 0 saturated carbocycles. The van der Waals surface area contributed by atoms with Crippen LogP contribution in [0.25, 0.3) is 27.7 Å². The summed E-state index contributed by atoms with van der Waals surface area (Å²) >= 11 is 0. The Hall–Kier alpha value is -6.32. The van der Waals surface area contributed by atoms with Crippen molar-refractivity contribution < 1.29 is 0 Å². The molecule has 0 atom stereocenters. The molecule has 0 spiro atoms. The molecule has 1 heterocycles. The van der Waals surface area contributed by atoms with Gasteiger partial charge in [-0.2, -0.15) is 0 Å². The van der Waals surface area contributed by atoms with Gasteiger partial charge in [0.15, 0.2) is 0 Å². The molecular formula is C44H33N3. The molecule has 0 bridgehead atoms. The van der Waals surface area contributed by atoms with E-state index in [1.165, 1.54) is 22.0 Å². The molecule has 0 saturated heterocycles. The average Bonchev–Trinajstić information content (AvgIpc) is 3.58. The van der Waals surface area contributed by atoms with E-state index in [1.54, 1.807) is 0 Å². The van der Waals surface area contributed by atoms with Gasteiger partial charge < -0.3 is 14.4 Å². The fourth-order valence-electron chi connectivity index (χ4n) is 6.31. The maximum atomic E-state index is 2.30. The third-order valence-electron chi connectivity index (χ3n) is 8.59. The number of benzene rings is 7. The quantitative estimate of drug-likeness (QED) is 0.171. The van der Waals surface area contributed by atoms with Crippen LogP contribution in [0.5, 0.6) is 0 Å². The molecule has 0 aliphatic rings. The summed E-state index contributed by atoms with van der Waals surface area (Å²) in [4.78, 5) is 4.59. The van der Waals surface area contributed by atoms with E-state index in [2.05, 4.69) is 215 Å². The molecule has 0 aliphatic carbocycles. The molecule has 3 heteroatoms. The van der Waals surface area contributed by atoms with E-state index in [9.17, 15) is 0 Å². The van der Waals surface area contributed by atoms with Crippen LogP contribution in [-0.4, -0.2) is 4.57 Å². The van der Waals surface area contributed by atoms with E-state index in [1.807, 2.05) is 0 Å². The molecule has 3 nitrogen and oxygen atoms in total. The lowest BCUT2D eigenvalue weighted by Gasteiger charge is -2.25. The molecule has 0 radical (unpaired) electrons. The highest BCUT2D eigenvalue weighted by Gasteiger charge is 2.15. The molecule has 0 amide bonds. The Labute approximate surface area is 275 Å². The van der Waals surface area contributed by atoms with Crippen molar-refractivity contribution in [1.29, 1.82) is 0 Å². The molecule has 0 fully saturated rings. The second kappa shape index (κ2) is 12.6. The molecule has 0 aliphatic heterocycles. The molecule has 0 unspecified atom stereocenters. The van der Waals surface area contributed by atoms with Gasteiger partial charge in [-0.1, -0.05) is 97.1 Å². The largest absolute Gasteiger partial charge is 0.317 e. The Morgan fingerprint density at radius 1 is 0.319 bits per heavy atom. The highest BCUT2D eigenvalue weighted by atomic mass is 15.1. The Morgan fingerprint density at radius 3 is 1.17 bits per heavy atom. The van der Waals surface area contributed by atoms with E-state index in [4.69, 9.17) is 0 Å². The van der Waals surface area contributed by atoms with Crippen molar-refractivity contribution in [2.45, 2.75) is 0 Å². The summed E-state index contributed by atoms with van der Waals surface area (Å²) in [6.07, 6.45) is 2.16. The van der Waals surface area contributed by atoms with Gasteiger partial charge in [0, 0.05) is 51.4 Å². The molecule has 47 heavy (non-hydrogen) atoms. The Morgan fingerprint density at radius 2 is 0.702 bits per heavy atom. The van der Waals surface area contributed by atoms with E-state index in [-0.39, 0.29) is 0 Å². The predicted molar refractivity (Wildman–Crippen MR) is 198 cm³/mol. The summed E-state index contributed by atoms with van der Waals surface area (Å²) in [6, 6.07) is 68.7. The van der Waals surface area contributed by atoms with Crippen molar-refractivity contribution in [2.24, 2.45) is 0 Å². The topological polar surface area (TPSA) is 11.4 Å². The zero-order valence-electron chi connectivity index (χ0n) is 25.9. The minimum Gasteiger partial charge on any atom is -0.317 e. The molecule has 0 N–H and O–H groups in total. The summed E-state index contributed by atoms with van der Waals surface area (Å²) in [7, 11) is 0. The lowest BCUT2D eigenvalue weighted by Crippen LogP contribution is -2.09. The van der Waals surface area contributed by atoms with Crippen molar-refractivity contribution in [1.82, 2.24) is 4.57 Å².